The number of rotatable bonds is 3. The molecular weight excluding hydrogens is 242 g/mol. The molecule has 1 heterocycles. The molecule has 2 rings (SSSR count). The maximum absolute atomic E-state index is 11.8. The van der Waals surface area contributed by atoms with E-state index in [0.717, 1.165) is 5.56 Å². The summed E-state index contributed by atoms with van der Waals surface area (Å²) in [6.07, 6.45) is 0. The number of nitrogens with zero attached hydrogens (tertiary/aromatic N) is 3. The van der Waals surface area contributed by atoms with Crippen LogP contribution in [0.15, 0.2) is 18.2 Å². The van der Waals surface area contributed by atoms with E-state index in [0.29, 0.717) is 16.4 Å². The molecular formula is C10H10ClN5O. The van der Waals surface area contributed by atoms with Gasteiger partial charge >= 0.3 is 0 Å². The minimum Gasteiger partial charge on any atom is -0.345 e. The first-order valence-electron chi connectivity index (χ1n) is 4.93. The van der Waals surface area contributed by atoms with E-state index < -0.39 is 0 Å². The summed E-state index contributed by atoms with van der Waals surface area (Å²) in [5, 5.41) is 16.5. The average Bonchev–Trinajstić information content (AvgIpc) is 2.82. The van der Waals surface area contributed by atoms with Crippen LogP contribution in [0.4, 0.5) is 0 Å². The molecule has 17 heavy (non-hydrogen) atoms. The van der Waals surface area contributed by atoms with Gasteiger partial charge in [-0.05, 0) is 30.7 Å². The minimum absolute atomic E-state index is 0.199. The van der Waals surface area contributed by atoms with E-state index in [2.05, 4.69) is 25.9 Å². The van der Waals surface area contributed by atoms with E-state index in [1.54, 1.807) is 18.2 Å². The maximum atomic E-state index is 11.8. The van der Waals surface area contributed by atoms with Crippen LogP contribution in [-0.4, -0.2) is 26.5 Å². The van der Waals surface area contributed by atoms with Gasteiger partial charge in [-0.25, -0.2) is 0 Å². The second-order valence-electron chi connectivity index (χ2n) is 3.47. The molecule has 0 unspecified atom stereocenters. The molecule has 0 bridgehead atoms. The summed E-state index contributed by atoms with van der Waals surface area (Å²) in [7, 11) is 0. The van der Waals surface area contributed by atoms with Crippen molar-refractivity contribution < 1.29 is 4.79 Å². The highest BCUT2D eigenvalue weighted by atomic mass is 35.5. The fourth-order valence-corrected chi connectivity index (χ4v) is 1.42. The predicted molar refractivity (Wildman–Crippen MR) is 61.5 cm³/mol. The number of tetrazole rings is 1. The first-order valence-corrected chi connectivity index (χ1v) is 5.31. The van der Waals surface area contributed by atoms with Crippen molar-refractivity contribution in [3.8, 4) is 0 Å². The van der Waals surface area contributed by atoms with Crippen LogP contribution in [0.25, 0.3) is 0 Å². The Bertz CT molecular complexity index is 525. The summed E-state index contributed by atoms with van der Waals surface area (Å²) < 4.78 is 0. The van der Waals surface area contributed by atoms with Gasteiger partial charge in [-0.15, -0.1) is 10.2 Å². The van der Waals surface area contributed by atoms with Gasteiger partial charge in [0, 0.05) is 10.6 Å². The number of aromatic amines is 1. The van der Waals surface area contributed by atoms with Crippen LogP contribution in [0.1, 0.15) is 21.7 Å². The SMILES string of the molecule is Cc1cc(C(=O)NCc2nn[nH]n2)ccc1Cl. The lowest BCUT2D eigenvalue weighted by Gasteiger charge is -2.04. The van der Waals surface area contributed by atoms with Crippen LogP contribution in [0.3, 0.4) is 0 Å². The Kier molecular flexibility index (Phi) is 3.34. The molecule has 0 spiro atoms. The molecule has 0 aliphatic rings. The number of aromatic nitrogens is 4. The quantitative estimate of drug-likeness (QED) is 0.855. The van der Waals surface area contributed by atoms with Gasteiger partial charge in [-0.1, -0.05) is 16.8 Å². The molecule has 7 heteroatoms. The Morgan fingerprint density at radius 1 is 1.53 bits per heavy atom. The molecule has 6 nitrogen and oxygen atoms in total. The van der Waals surface area contributed by atoms with Crippen LogP contribution >= 0.6 is 11.6 Å². The molecule has 1 aromatic heterocycles. The van der Waals surface area contributed by atoms with Gasteiger partial charge in [0.15, 0.2) is 5.82 Å². The van der Waals surface area contributed by atoms with Crippen LogP contribution in [-0.2, 0) is 6.54 Å². The fourth-order valence-electron chi connectivity index (χ4n) is 1.30. The van der Waals surface area contributed by atoms with Gasteiger partial charge in [0.05, 0.1) is 6.54 Å². The van der Waals surface area contributed by atoms with Crippen molar-refractivity contribution in [2.45, 2.75) is 13.5 Å². The Hall–Kier alpha value is -1.95. The van der Waals surface area contributed by atoms with E-state index in [4.69, 9.17) is 11.6 Å². The zero-order valence-electron chi connectivity index (χ0n) is 9.07. The Labute approximate surface area is 102 Å². The zero-order chi connectivity index (χ0) is 12.3. The molecule has 1 amide bonds. The largest absolute Gasteiger partial charge is 0.345 e. The van der Waals surface area contributed by atoms with E-state index >= 15 is 0 Å². The van der Waals surface area contributed by atoms with Crippen molar-refractivity contribution in [3.63, 3.8) is 0 Å². The van der Waals surface area contributed by atoms with Gasteiger partial charge in [0.25, 0.3) is 5.91 Å². The van der Waals surface area contributed by atoms with Crippen LogP contribution in [0, 0.1) is 6.92 Å². The van der Waals surface area contributed by atoms with Crippen molar-refractivity contribution in [2.24, 2.45) is 0 Å². The standard InChI is InChI=1S/C10H10ClN5O/c1-6-4-7(2-3-8(6)11)10(17)12-5-9-13-15-16-14-9/h2-4H,5H2,1H3,(H,12,17)(H,13,14,15,16). The van der Waals surface area contributed by atoms with Crippen LogP contribution in [0.5, 0.6) is 0 Å². The first-order chi connectivity index (χ1) is 8.16. The van der Waals surface area contributed by atoms with Crippen molar-refractivity contribution in [1.29, 1.82) is 0 Å². The summed E-state index contributed by atoms with van der Waals surface area (Å²) in [5.74, 6) is 0.235. The highest BCUT2D eigenvalue weighted by Gasteiger charge is 2.08. The summed E-state index contributed by atoms with van der Waals surface area (Å²) >= 11 is 5.88. The third-order valence-electron chi connectivity index (χ3n) is 2.22. The smallest absolute Gasteiger partial charge is 0.251 e. The first kappa shape index (κ1) is 11.5. The Balaban J connectivity index is 2.02. The van der Waals surface area contributed by atoms with E-state index in [1.165, 1.54) is 0 Å². The molecule has 0 saturated heterocycles. The Morgan fingerprint density at radius 2 is 2.35 bits per heavy atom. The molecule has 88 valence electrons. The number of aryl methyl sites for hydroxylation is 1. The fraction of sp³-hybridized carbons (Fsp3) is 0.200. The number of hydrogen-bond donors (Lipinski definition) is 2. The molecule has 0 aliphatic carbocycles. The van der Waals surface area contributed by atoms with Crippen molar-refractivity contribution in [3.05, 3.63) is 40.2 Å². The molecule has 2 aromatic rings. The Morgan fingerprint density at radius 3 is 3.00 bits per heavy atom. The second-order valence-corrected chi connectivity index (χ2v) is 3.88. The molecule has 2 N–H and O–H groups in total. The minimum atomic E-state index is -0.199. The molecule has 0 saturated carbocycles. The number of benzene rings is 1. The normalized spacial score (nSPS) is 10.2. The van der Waals surface area contributed by atoms with Crippen LogP contribution < -0.4 is 5.32 Å². The van der Waals surface area contributed by atoms with E-state index in [9.17, 15) is 4.79 Å². The number of H-pyrrole nitrogens is 1. The number of nitrogens with one attached hydrogen (secondary N) is 2. The summed E-state index contributed by atoms with van der Waals surface area (Å²) in [6.45, 7) is 2.08. The van der Waals surface area contributed by atoms with Gasteiger partial charge in [0.2, 0.25) is 0 Å². The average molecular weight is 252 g/mol. The number of carbonyl (C=O) groups is 1. The number of amides is 1. The molecule has 1 aromatic carbocycles. The lowest BCUT2D eigenvalue weighted by molar-refractivity contribution is 0.0950. The third-order valence-corrected chi connectivity index (χ3v) is 2.64. The summed E-state index contributed by atoms with van der Waals surface area (Å²) in [4.78, 5) is 11.8. The van der Waals surface area contributed by atoms with Crippen molar-refractivity contribution >= 4 is 17.5 Å². The van der Waals surface area contributed by atoms with Gasteiger partial charge in [-0.3, -0.25) is 4.79 Å². The van der Waals surface area contributed by atoms with E-state index in [1.807, 2.05) is 6.92 Å². The van der Waals surface area contributed by atoms with Gasteiger partial charge in [0.1, 0.15) is 0 Å². The topological polar surface area (TPSA) is 83.6 Å². The molecule has 0 radical (unpaired) electrons. The lowest BCUT2D eigenvalue weighted by atomic mass is 10.1. The highest BCUT2D eigenvalue weighted by Crippen LogP contribution is 2.16. The number of carbonyl (C=O) groups excluding carboxylic acids is 1. The zero-order valence-corrected chi connectivity index (χ0v) is 9.82. The maximum Gasteiger partial charge on any atom is 0.251 e. The lowest BCUT2D eigenvalue weighted by Crippen LogP contribution is -2.23. The van der Waals surface area contributed by atoms with Crippen molar-refractivity contribution in [1.82, 2.24) is 25.9 Å². The predicted octanol–water partition coefficient (Wildman–Crippen LogP) is 1.09. The van der Waals surface area contributed by atoms with E-state index in [-0.39, 0.29) is 12.5 Å². The van der Waals surface area contributed by atoms with Crippen LogP contribution in [0.2, 0.25) is 5.02 Å². The van der Waals surface area contributed by atoms with Crippen molar-refractivity contribution in [2.75, 3.05) is 0 Å². The second kappa shape index (κ2) is 4.92. The number of hydrogen-bond acceptors (Lipinski definition) is 4. The van der Waals surface area contributed by atoms with Gasteiger partial charge in [-0.2, -0.15) is 5.21 Å². The molecule has 0 atom stereocenters. The summed E-state index contributed by atoms with van der Waals surface area (Å²) in [5.41, 5.74) is 1.41. The third kappa shape index (κ3) is 2.79. The monoisotopic (exact) mass is 251 g/mol. The number of halogens is 1. The molecule has 0 aliphatic heterocycles. The van der Waals surface area contributed by atoms with Gasteiger partial charge < -0.3 is 5.32 Å². The molecule has 0 fully saturated rings. The highest BCUT2D eigenvalue weighted by molar-refractivity contribution is 6.31. The summed E-state index contributed by atoms with van der Waals surface area (Å²) in [6, 6.07) is 5.09.